The molecule has 0 aliphatic heterocycles. The second kappa shape index (κ2) is 3.67. The van der Waals surface area contributed by atoms with Gasteiger partial charge in [-0.05, 0) is 37.1 Å². The summed E-state index contributed by atoms with van der Waals surface area (Å²) < 4.78 is 5.23. The summed E-state index contributed by atoms with van der Waals surface area (Å²) >= 11 is 0. The number of hydrogen-bond donors (Lipinski definition) is 1. The van der Waals surface area contributed by atoms with Gasteiger partial charge < -0.3 is 9.72 Å². The maximum Gasteiger partial charge on any atom is 0.176 e. The molecule has 1 aromatic carbocycles. The summed E-state index contributed by atoms with van der Waals surface area (Å²) in [6.45, 7) is 5.53. The minimum absolute atomic E-state index is 0.0621. The zero-order valence-corrected chi connectivity index (χ0v) is 9.97. The molecule has 0 unspecified atom stereocenters. The molecule has 0 aliphatic carbocycles. The average molecular weight is 217 g/mol. The molecule has 2 aromatic rings. The van der Waals surface area contributed by atoms with E-state index in [2.05, 4.69) is 4.98 Å². The van der Waals surface area contributed by atoms with Gasteiger partial charge in [0.2, 0.25) is 0 Å². The summed E-state index contributed by atoms with van der Waals surface area (Å²) in [5.74, 6) is 0.884. The lowest BCUT2D eigenvalue weighted by Gasteiger charge is -2.02. The molecule has 16 heavy (non-hydrogen) atoms. The van der Waals surface area contributed by atoms with Crippen molar-refractivity contribution in [2.75, 3.05) is 7.11 Å². The molecule has 0 aliphatic rings. The minimum Gasteiger partial charge on any atom is -0.497 e. The lowest BCUT2D eigenvalue weighted by atomic mass is 10.1. The van der Waals surface area contributed by atoms with Crippen molar-refractivity contribution in [3.05, 3.63) is 29.0 Å². The first-order valence-corrected chi connectivity index (χ1v) is 5.22. The minimum atomic E-state index is 0.0621. The number of hydrogen-bond acceptors (Lipinski definition) is 2. The largest absolute Gasteiger partial charge is 0.497 e. The van der Waals surface area contributed by atoms with Crippen molar-refractivity contribution < 1.29 is 9.53 Å². The second-order valence-corrected chi connectivity index (χ2v) is 4.05. The molecule has 0 radical (unpaired) electrons. The van der Waals surface area contributed by atoms with Gasteiger partial charge in [-0.1, -0.05) is 0 Å². The van der Waals surface area contributed by atoms with Crippen LogP contribution in [0.3, 0.4) is 0 Å². The molecule has 1 aromatic heterocycles. The molecule has 1 heterocycles. The van der Waals surface area contributed by atoms with E-state index in [-0.39, 0.29) is 5.78 Å². The lowest BCUT2D eigenvalue weighted by Crippen LogP contribution is -1.93. The number of rotatable bonds is 2. The summed E-state index contributed by atoms with van der Waals surface area (Å²) in [6, 6.07) is 3.92. The van der Waals surface area contributed by atoms with E-state index in [4.69, 9.17) is 4.74 Å². The summed E-state index contributed by atoms with van der Waals surface area (Å²) in [4.78, 5) is 14.6. The average Bonchev–Trinajstić information content (AvgIpc) is 2.57. The number of aromatic nitrogens is 1. The number of benzene rings is 1. The van der Waals surface area contributed by atoms with Crippen LogP contribution in [0, 0.1) is 13.8 Å². The molecule has 3 heteroatoms. The third kappa shape index (κ3) is 1.48. The normalized spacial score (nSPS) is 10.8. The van der Waals surface area contributed by atoms with Gasteiger partial charge in [0.1, 0.15) is 5.75 Å². The smallest absolute Gasteiger partial charge is 0.176 e. The van der Waals surface area contributed by atoms with Crippen LogP contribution >= 0.6 is 0 Å². The maximum atomic E-state index is 11.4. The Balaban J connectivity index is 2.81. The predicted octanol–water partition coefficient (Wildman–Crippen LogP) is 3.00. The number of nitrogens with one attached hydrogen (secondary N) is 1. The number of methoxy groups -OCH3 is 1. The maximum absolute atomic E-state index is 11.4. The zero-order chi connectivity index (χ0) is 11.9. The standard InChI is InChI=1S/C13H15NO2/c1-7-5-10(16-4)6-11-8(2)13(9(3)15)14-12(7)11/h5-6,14H,1-4H3. The van der Waals surface area contributed by atoms with E-state index in [1.54, 1.807) is 14.0 Å². The lowest BCUT2D eigenvalue weighted by molar-refractivity contribution is 0.101. The van der Waals surface area contributed by atoms with Gasteiger partial charge in [0.05, 0.1) is 12.8 Å². The highest BCUT2D eigenvalue weighted by Crippen LogP contribution is 2.29. The van der Waals surface area contributed by atoms with Crippen LogP contribution in [-0.4, -0.2) is 17.9 Å². The monoisotopic (exact) mass is 217 g/mol. The highest BCUT2D eigenvalue weighted by molar-refractivity contribution is 6.01. The molecular weight excluding hydrogens is 202 g/mol. The Morgan fingerprint density at radius 1 is 1.31 bits per heavy atom. The third-order valence-electron chi connectivity index (χ3n) is 2.93. The number of fused-ring (bicyclic) bond motifs is 1. The van der Waals surface area contributed by atoms with Gasteiger partial charge >= 0.3 is 0 Å². The number of carbonyl (C=O) groups is 1. The van der Waals surface area contributed by atoms with Crippen LogP contribution in [0.25, 0.3) is 10.9 Å². The van der Waals surface area contributed by atoms with E-state index in [1.165, 1.54) is 0 Å². The molecule has 3 nitrogen and oxygen atoms in total. The van der Waals surface area contributed by atoms with E-state index >= 15 is 0 Å². The number of ketones is 1. The number of aromatic amines is 1. The van der Waals surface area contributed by atoms with Crippen molar-refractivity contribution in [3.63, 3.8) is 0 Å². The Bertz CT molecular complexity index is 567. The quantitative estimate of drug-likeness (QED) is 0.786. The highest BCUT2D eigenvalue weighted by atomic mass is 16.5. The van der Waals surface area contributed by atoms with Crippen LogP contribution in [0.5, 0.6) is 5.75 Å². The van der Waals surface area contributed by atoms with E-state index in [0.717, 1.165) is 27.8 Å². The Morgan fingerprint density at radius 2 is 2.00 bits per heavy atom. The van der Waals surface area contributed by atoms with Crippen LogP contribution in [0.2, 0.25) is 0 Å². The SMILES string of the molecule is COc1cc(C)c2[nH]c(C(C)=O)c(C)c2c1. The Labute approximate surface area is 94.4 Å². The molecule has 1 N–H and O–H groups in total. The molecule has 2 rings (SSSR count). The van der Waals surface area contributed by atoms with Crippen LogP contribution < -0.4 is 4.74 Å². The van der Waals surface area contributed by atoms with E-state index in [1.807, 2.05) is 26.0 Å². The van der Waals surface area contributed by atoms with Gasteiger partial charge in [-0.15, -0.1) is 0 Å². The number of Topliss-reactive ketones (excluding diaryl/α,β-unsaturated/α-hetero) is 1. The van der Waals surface area contributed by atoms with Gasteiger partial charge in [-0.3, -0.25) is 4.79 Å². The summed E-state index contributed by atoms with van der Waals surface area (Å²) in [5, 5.41) is 1.06. The van der Waals surface area contributed by atoms with Crippen molar-refractivity contribution in [1.29, 1.82) is 0 Å². The van der Waals surface area contributed by atoms with Crippen molar-refractivity contribution in [2.45, 2.75) is 20.8 Å². The predicted molar refractivity (Wildman–Crippen MR) is 64.3 cm³/mol. The van der Waals surface area contributed by atoms with Crippen LogP contribution in [0.1, 0.15) is 28.5 Å². The number of aryl methyl sites for hydroxylation is 2. The fourth-order valence-corrected chi connectivity index (χ4v) is 2.04. The second-order valence-electron chi connectivity index (χ2n) is 4.05. The fourth-order valence-electron chi connectivity index (χ4n) is 2.04. The van der Waals surface area contributed by atoms with Crippen LogP contribution in [0.4, 0.5) is 0 Å². The van der Waals surface area contributed by atoms with Crippen molar-refractivity contribution in [2.24, 2.45) is 0 Å². The van der Waals surface area contributed by atoms with Gasteiger partial charge in [0.25, 0.3) is 0 Å². The van der Waals surface area contributed by atoms with Crippen molar-refractivity contribution >= 4 is 16.7 Å². The molecule has 84 valence electrons. The van der Waals surface area contributed by atoms with E-state index in [0.29, 0.717) is 5.69 Å². The van der Waals surface area contributed by atoms with E-state index in [9.17, 15) is 4.79 Å². The Hall–Kier alpha value is -1.77. The highest BCUT2D eigenvalue weighted by Gasteiger charge is 2.13. The zero-order valence-electron chi connectivity index (χ0n) is 9.97. The number of H-pyrrole nitrogens is 1. The molecule has 0 atom stereocenters. The molecule has 0 amide bonds. The first kappa shape index (κ1) is 10.7. The van der Waals surface area contributed by atoms with Gasteiger partial charge in [-0.25, -0.2) is 0 Å². The van der Waals surface area contributed by atoms with E-state index < -0.39 is 0 Å². The molecule has 0 fully saturated rings. The van der Waals surface area contributed by atoms with Crippen molar-refractivity contribution in [3.8, 4) is 5.75 Å². The summed E-state index contributed by atoms with van der Waals surface area (Å²) in [7, 11) is 1.65. The van der Waals surface area contributed by atoms with Gasteiger partial charge in [-0.2, -0.15) is 0 Å². The van der Waals surface area contributed by atoms with Gasteiger partial charge in [0, 0.05) is 17.8 Å². The molecule has 0 saturated heterocycles. The van der Waals surface area contributed by atoms with Gasteiger partial charge in [0.15, 0.2) is 5.78 Å². The summed E-state index contributed by atoms with van der Waals surface area (Å²) in [5.41, 5.74) is 3.78. The molecule has 0 spiro atoms. The first-order chi connectivity index (χ1) is 7.54. The van der Waals surface area contributed by atoms with Crippen molar-refractivity contribution in [1.82, 2.24) is 4.98 Å². The Morgan fingerprint density at radius 3 is 2.56 bits per heavy atom. The van der Waals surface area contributed by atoms with Crippen LogP contribution in [-0.2, 0) is 0 Å². The number of carbonyl (C=O) groups excluding carboxylic acids is 1. The topological polar surface area (TPSA) is 42.1 Å². The summed E-state index contributed by atoms with van der Waals surface area (Å²) in [6.07, 6.45) is 0. The fraction of sp³-hybridized carbons (Fsp3) is 0.308. The third-order valence-corrected chi connectivity index (χ3v) is 2.93. The first-order valence-electron chi connectivity index (χ1n) is 5.22. The molecule has 0 bridgehead atoms. The molecule has 0 saturated carbocycles. The Kier molecular flexibility index (Phi) is 2.46. The van der Waals surface area contributed by atoms with Crippen LogP contribution in [0.15, 0.2) is 12.1 Å². The molecular formula is C13H15NO2. The number of ether oxygens (including phenoxy) is 1.